The van der Waals surface area contributed by atoms with Gasteiger partial charge in [-0.05, 0) is 12.8 Å². The SMILES string of the molecule is CCCC.CCCC.CCCC[NH2+]CCCC.[OH-]. The molecule has 0 rings (SSSR count). The summed E-state index contributed by atoms with van der Waals surface area (Å²) >= 11 is 0. The summed E-state index contributed by atoms with van der Waals surface area (Å²) in [7, 11) is 0. The average Bonchev–Trinajstić information content (AvgIpc) is 2.39. The highest BCUT2D eigenvalue weighted by Crippen LogP contribution is 1.80. The van der Waals surface area contributed by atoms with E-state index in [0.29, 0.717) is 0 Å². The summed E-state index contributed by atoms with van der Waals surface area (Å²) in [5.41, 5.74) is 0. The van der Waals surface area contributed by atoms with Crippen LogP contribution in [-0.2, 0) is 0 Å². The van der Waals surface area contributed by atoms with Gasteiger partial charge in [-0.2, -0.15) is 0 Å². The van der Waals surface area contributed by atoms with Crippen molar-refractivity contribution in [3.05, 3.63) is 0 Å². The quantitative estimate of drug-likeness (QED) is 0.640. The second-order valence-electron chi connectivity index (χ2n) is 4.57. The normalized spacial score (nSPS) is 8.33. The molecule has 2 nitrogen and oxygen atoms in total. The third-order valence-corrected chi connectivity index (χ3v) is 2.52. The lowest BCUT2D eigenvalue weighted by Gasteiger charge is -1.96. The van der Waals surface area contributed by atoms with Crippen LogP contribution in [0.5, 0.6) is 0 Å². The van der Waals surface area contributed by atoms with E-state index in [1.165, 1.54) is 64.5 Å². The number of hydrogen-bond donors (Lipinski definition) is 1. The van der Waals surface area contributed by atoms with Crippen LogP contribution in [0.25, 0.3) is 0 Å². The van der Waals surface area contributed by atoms with Gasteiger partial charge in [0.1, 0.15) is 0 Å². The minimum atomic E-state index is 0. The summed E-state index contributed by atoms with van der Waals surface area (Å²) in [4.78, 5) is 0. The van der Waals surface area contributed by atoms with E-state index in [9.17, 15) is 0 Å². The van der Waals surface area contributed by atoms with Crippen LogP contribution in [-0.4, -0.2) is 18.6 Å². The maximum atomic E-state index is 2.42. The zero-order chi connectivity index (χ0) is 13.8. The van der Waals surface area contributed by atoms with Crippen LogP contribution in [0.2, 0.25) is 0 Å². The van der Waals surface area contributed by atoms with Crippen LogP contribution in [0.3, 0.4) is 0 Å². The Hall–Kier alpha value is -0.0800. The monoisotopic (exact) mass is 263 g/mol. The summed E-state index contributed by atoms with van der Waals surface area (Å²) < 4.78 is 0. The maximum absolute atomic E-state index is 2.42. The summed E-state index contributed by atoms with van der Waals surface area (Å²) in [6.07, 6.45) is 10.7. The smallest absolute Gasteiger partial charge is 0.0755 e. The summed E-state index contributed by atoms with van der Waals surface area (Å²) in [6, 6.07) is 0. The number of nitrogens with two attached hydrogens (primary N) is 1. The van der Waals surface area contributed by atoms with Gasteiger partial charge in [0.15, 0.2) is 0 Å². The zero-order valence-corrected chi connectivity index (χ0v) is 14.1. The standard InChI is InChI=1S/C8H19N.2C4H10.H2O/c1-3-5-7-9-8-6-4-2;2*1-3-4-2;/h9H,3-8H2,1-2H3;2*3-4H2,1-2H3;1H2. The lowest BCUT2D eigenvalue weighted by molar-refractivity contribution is -0.655. The summed E-state index contributed by atoms with van der Waals surface area (Å²) in [5, 5.41) is 2.42. The Morgan fingerprint density at radius 2 is 0.778 bits per heavy atom. The molecule has 0 heterocycles. The van der Waals surface area contributed by atoms with E-state index >= 15 is 0 Å². The molecule has 116 valence electrons. The first kappa shape index (κ1) is 26.5. The van der Waals surface area contributed by atoms with Gasteiger partial charge in [0.25, 0.3) is 0 Å². The van der Waals surface area contributed by atoms with Crippen molar-refractivity contribution in [1.29, 1.82) is 0 Å². The van der Waals surface area contributed by atoms with Gasteiger partial charge < -0.3 is 10.8 Å². The Bertz CT molecular complexity index is 73.2. The second-order valence-corrected chi connectivity index (χ2v) is 4.57. The van der Waals surface area contributed by atoms with E-state index in [4.69, 9.17) is 0 Å². The van der Waals surface area contributed by atoms with Crippen molar-refractivity contribution in [2.24, 2.45) is 0 Å². The lowest BCUT2D eigenvalue weighted by atomic mass is 10.3. The number of quaternary nitrogens is 1. The first-order chi connectivity index (χ1) is 8.24. The van der Waals surface area contributed by atoms with Gasteiger partial charge in [0.05, 0.1) is 13.1 Å². The molecule has 0 aromatic carbocycles. The molecule has 0 spiro atoms. The second kappa shape index (κ2) is 36.0. The van der Waals surface area contributed by atoms with Crippen molar-refractivity contribution >= 4 is 0 Å². The van der Waals surface area contributed by atoms with Gasteiger partial charge >= 0.3 is 0 Å². The summed E-state index contributed by atoms with van der Waals surface area (Å²) in [5.74, 6) is 0. The largest absolute Gasteiger partial charge is 0.870 e. The third kappa shape index (κ3) is 56.5. The van der Waals surface area contributed by atoms with Gasteiger partial charge in [-0.1, -0.05) is 80.1 Å². The van der Waals surface area contributed by atoms with Gasteiger partial charge in [-0.3, -0.25) is 0 Å². The molecule has 0 fully saturated rings. The molecule has 0 saturated heterocycles. The number of hydrogen-bond acceptors (Lipinski definition) is 1. The molecule has 0 aromatic heterocycles. The number of rotatable bonds is 8. The van der Waals surface area contributed by atoms with Crippen LogP contribution in [0.4, 0.5) is 0 Å². The van der Waals surface area contributed by atoms with Crippen molar-refractivity contribution in [2.75, 3.05) is 13.1 Å². The van der Waals surface area contributed by atoms with Gasteiger partial charge in [-0.25, -0.2) is 0 Å². The topological polar surface area (TPSA) is 46.6 Å². The fraction of sp³-hybridized carbons (Fsp3) is 1.00. The molecule has 0 bridgehead atoms. The molecule has 0 atom stereocenters. The Morgan fingerprint density at radius 1 is 0.500 bits per heavy atom. The predicted octanol–water partition coefficient (Wildman–Crippen LogP) is 4.59. The molecule has 0 aliphatic heterocycles. The highest BCUT2D eigenvalue weighted by molar-refractivity contribution is 4.28. The van der Waals surface area contributed by atoms with Crippen molar-refractivity contribution in [1.82, 2.24) is 0 Å². The van der Waals surface area contributed by atoms with E-state index in [-0.39, 0.29) is 5.48 Å². The number of unbranched alkanes of at least 4 members (excludes halogenated alkanes) is 4. The lowest BCUT2D eigenvalue weighted by Crippen LogP contribution is -2.84. The van der Waals surface area contributed by atoms with Crippen molar-refractivity contribution in [3.8, 4) is 0 Å². The Kier molecular flexibility index (Phi) is 52.9. The van der Waals surface area contributed by atoms with Crippen LogP contribution >= 0.6 is 0 Å². The summed E-state index contributed by atoms with van der Waals surface area (Å²) in [6.45, 7) is 15.9. The van der Waals surface area contributed by atoms with Gasteiger partial charge in [-0.15, -0.1) is 0 Å². The molecular formula is C16H41NO. The highest BCUT2D eigenvalue weighted by Gasteiger charge is 1.86. The van der Waals surface area contributed by atoms with E-state index in [1.54, 1.807) is 0 Å². The van der Waals surface area contributed by atoms with E-state index in [2.05, 4.69) is 46.9 Å². The molecular weight excluding hydrogens is 222 g/mol. The molecule has 0 aromatic rings. The van der Waals surface area contributed by atoms with Crippen LogP contribution in [0.15, 0.2) is 0 Å². The molecule has 0 aliphatic rings. The minimum Gasteiger partial charge on any atom is -0.870 e. The van der Waals surface area contributed by atoms with Crippen molar-refractivity contribution < 1.29 is 10.8 Å². The minimum absolute atomic E-state index is 0. The molecule has 0 unspecified atom stereocenters. The van der Waals surface area contributed by atoms with Crippen LogP contribution in [0.1, 0.15) is 92.9 Å². The van der Waals surface area contributed by atoms with Crippen LogP contribution < -0.4 is 5.32 Å². The molecule has 2 heteroatoms. The van der Waals surface area contributed by atoms with Crippen molar-refractivity contribution in [3.63, 3.8) is 0 Å². The van der Waals surface area contributed by atoms with Crippen LogP contribution in [0, 0.1) is 0 Å². The van der Waals surface area contributed by atoms with Gasteiger partial charge in [0, 0.05) is 0 Å². The fourth-order valence-corrected chi connectivity index (χ4v) is 0.841. The van der Waals surface area contributed by atoms with E-state index in [0.717, 1.165) is 0 Å². The predicted molar refractivity (Wildman–Crippen MR) is 84.6 cm³/mol. The zero-order valence-electron chi connectivity index (χ0n) is 14.1. The molecule has 0 amide bonds. The molecule has 0 aliphatic carbocycles. The Labute approximate surface area is 117 Å². The molecule has 18 heavy (non-hydrogen) atoms. The van der Waals surface area contributed by atoms with Gasteiger partial charge in [0.2, 0.25) is 0 Å². The molecule has 3 N–H and O–H groups in total. The average molecular weight is 264 g/mol. The third-order valence-electron chi connectivity index (χ3n) is 2.52. The maximum Gasteiger partial charge on any atom is 0.0755 e. The Morgan fingerprint density at radius 3 is 0.944 bits per heavy atom. The molecule has 0 radical (unpaired) electrons. The first-order valence-corrected chi connectivity index (χ1v) is 8.06. The molecule has 0 saturated carbocycles. The first-order valence-electron chi connectivity index (χ1n) is 8.06. The van der Waals surface area contributed by atoms with E-state index < -0.39 is 0 Å². The van der Waals surface area contributed by atoms with Crippen molar-refractivity contribution in [2.45, 2.75) is 92.9 Å². The van der Waals surface area contributed by atoms with E-state index in [1.807, 2.05) is 0 Å². The highest BCUT2D eigenvalue weighted by atomic mass is 16.0. The fourth-order valence-electron chi connectivity index (χ4n) is 0.841. The Balaban J connectivity index is -0.0000000922.